The Labute approximate surface area is 124 Å². The van der Waals surface area contributed by atoms with Gasteiger partial charge in [-0.2, -0.15) is 0 Å². The summed E-state index contributed by atoms with van der Waals surface area (Å²) < 4.78 is 0. The summed E-state index contributed by atoms with van der Waals surface area (Å²) in [6, 6.07) is 9.88. The number of aryl methyl sites for hydroxylation is 1. The Balaban J connectivity index is 1.90. The first-order valence-electron chi connectivity index (χ1n) is 7.18. The third-order valence-electron chi connectivity index (χ3n) is 4.06. The minimum absolute atomic E-state index is 0.271. The molecule has 1 fully saturated rings. The molecule has 1 aliphatic heterocycles. The van der Waals surface area contributed by atoms with Gasteiger partial charge in [-0.15, -0.1) is 0 Å². The van der Waals surface area contributed by atoms with Gasteiger partial charge in [0.05, 0.1) is 6.04 Å². The van der Waals surface area contributed by atoms with Crippen molar-refractivity contribution >= 4 is 11.6 Å². The predicted octanol–water partition coefficient (Wildman–Crippen LogP) is 1.57. The molecular weight excluding hydrogens is 264 g/mol. The van der Waals surface area contributed by atoms with Crippen LogP contribution in [0.15, 0.2) is 36.5 Å². The number of aromatic amines is 1. The van der Waals surface area contributed by atoms with E-state index in [4.69, 9.17) is 5.73 Å². The van der Waals surface area contributed by atoms with E-state index in [1.54, 1.807) is 12.1 Å². The molecule has 2 aromatic rings. The second kappa shape index (κ2) is 5.61. The molecule has 3 rings (SSSR count). The lowest BCUT2D eigenvalue weighted by molar-refractivity contribution is 0.100. The molecule has 1 saturated heterocycles. The minimum atomic E-state index is -0.390. The number of nitrogens with two attached hydrogens (primary N) is 1. The first-order valence-corrected chi connectivity index (χ1v) is 7.18. The molecule has 0 bridgehead atoms. The number of nitrogens with zero attached hydrogens (tertiary/aromatic N) is 1. The average Bonchev–Trinajstić information content (AvgIpc) is 2.93. The van der Waals surface area contributed by atoms with Crippen LogP contribution in [0.25, 0.3) is 0 Å². The van der Waals surface area contributed by atoms with Gasteiger partial charge in [-0.3, -0.25) is 4.79 Å². The molecule has 1 aliphatic rings. The fourth-order valence-corrected chi connectivity index (χ4v) is 2.91. The highest BCUT2D eigenvalue weighted by molar-refractivity contribution is 5.93. The molecule has 110 valence electrons. The molecule has 5 nitrogen and oxygen atoms in total. The maximum atomic E-state index is 11.2. The van der Waals surface area contributed by atoms with E-state index in [-0.39, 0.29) is 6.04 Å². The number of rotatable bonds is 3. The van der Waals surface area contributed by atoms with Gasteiger partial charge in [0.2, 0.25) is 5.91 Å². The van der Waals surface area contributed by atoms with Crippen LogP contribution in [0.3, 0.4) is 0 Å². The van der Waals surface area contributed by atoms with Gasteiger partial charge >= 0.3 is 0 Å². The molecular formula is C16H20N4O. The number of aromatic nitrogens is 1. The number of nitrogens with one attached hydrogen (secondary N) is 2. The number of primary amides is 1. The quantitative estimate of drug-likeness (QED) is 0.801. The highest BCUT2D eigenvalue weighted by atomic mass is 16.1. The third-order valence-corrected chi connectivity index (χ3v) is 4.06. The molecule has 2 heterocycles. The fraction of sp³-hybridized carbons (Fsp3) is 0.312. The van der Waals surface area contributed by atoms with Crippen molar-refractivity contribution in [1.82, 2.24) is 10.3 Å². The van der Waals surface area contributed by atoms with E-state index in [2.05, 4.69) is 28.2 Å². The summed E-state index contributed by atoms with van der Waals surface area (Å²) in [5.41, 5.74) is 9.46. The van der Waals surface area contributed by atoms with E-state index in [1.807, 2.05) is 18.3 Å². The Morgan fingerprint density at radius 2 is 2.05 bits per heavy atom. The smallest absolute Gasteiger partial charge is 0.248 e. The number of benzene rings is 1. The van der Waals surface area contributed by atoms with Crippen LogP contribution in [0.4, 0.5) is 5.69 Å². The minimum Gasteiger partial charge on any atom is -0.366 e. The molecule has 1 amide bonds. The first kappa shape index (κ1) is 13.7. The Morgan fingerprint density at radius 3 is 2.67 bits per heavy atom. The second-order valence-corrected chi connectivity index (χ2v) is 5.40. The standard InChI is InChI=1S/C16H20N4O/c1-11-6-7-19-15(11)14-10-18-8-9-20(14)13-4-2-12(3-5-13)16(17)21/h2-7,14,18-19H,8-10H2,1H3,(H2,17,21). The molecule has 1 atom stereocenters. The second-order valence-electron chi connectivity index (χ2n) is 5.40. The van der Waals surface area contributed by atoms with E-state index in [0.29, 0.717) is 5.56 Å². The van der Waals surface area contributed by atoms with Crippen molar-refractivity contribution in [2.24, 2.45) is 5.73 Å². The van der Waals surface area contributed by atoms with Crippen molar-refractivity contribution in [3.8, 4) is 0 Å². The summed E-state index contributed by atoms with van der Waals surface area (Å²) in [4.78, 5) is 16.9. The van der Waals surface area contributed by atoms with Crippen LogP contribution in [0, 0.1) is 6.92 Å². The fourth-order valence-electron chi connectivity index (χ4n) is 2.91. The number of hydrogen-bond donors (Lipinski definition) is 3. The Hall–Kier alpha value is -2.27. The monoisotopic (exact) mass is 284 g/mol. The molecule has 0 spiro atoms. The van der Waals surface area contributed by atoms with Crippen molar-refractivity contribution < 1.29 is 4.79 Å². The summed E-state index contributed by atoms with van der Waals surface area (Å²) in [6.07, 6.45) is 1.98. The van der Waals surface area contributed by atoms with E-state index in [9.17, 15) is 4.79 Å². The lowest BCUT2D eigenvalue weighted by Gasteiger charge is -2.38. The van der Waals surface area contributed by atoms with Gasteiger partial charge in [0.1, 0.15) is 0 Å². The highest BCUT2D eigenvalue weighted by Gasteiger charge is 2.26. The maximum Gasteiger partial charge on any atom is 0.248 e. The van der Waals surface area contributed by atoms with Crippen molar-refractivity contribution in [3.63, 3.8) is 0 Å². The predicted molar refractivity (Wildman–Crippen MR) is 83.4 cm³/mol. The number of H-pyrrole nitrogens is 1. The van der Waals surface area contributed by atoms with Crippen molar-refractivity contribution in [3.05, 3.63) is 53.3 Å². The van der Waals surface area contributed by atoms with E-state index < -0.39 is 5.91 Å². The van der Waals surface area contributed by atoms with Crippen molar-refractivity contribution in [2.75, 3.05) is 24.5 Å². The summed E-state index contributed by atoms with van der Waals surface area (Å²) in [5.74, 6) is -0.390. The molecule has 5 heteroatoms. The van der Waals surface area contributed by atoms with Crippen LogP contribution in [0.2, 0.25) is 0 Å². The van der Waals surface area contributed by atoms with Crippen molar-refractivity contribution in [1.29, 1.82) is 0 Å². The molecule has 0 aliphatic carbocycles. The molecule has 1 unspecified atom stereocenters. The highest BCUT2D eigenvalue weighted by Crippen LogP contribution is 2.29. The Bertz CT molecular complexity index is 632. The zero-order chi connectivity index (χ0) is 14.8. The summed E-state index contributed by atoms with van der Waals surface area (Å²) in [7, 11) is 0. The summed E-state index contributed by atoms with van der Waals surface area (Å²) >= 11 is 0. The number of carbonyl (C=O) groups excluding carboxylic acids is 1. The zero-order valence-corrected chi connectivity index (χ0v) is 12.1. The van der Waals surface area contributed by atoms with Gasteiger partial charge in [-0.1, -0.05) is 0 Å². The summed E-state index contributed by atoms with van der Waals surface area (Å²) in [5, 5.41) is 3.44. The van der Waals surface area contributed by atoms with E-state index >= 15 is 0 Å². The third kappa shape index (κ3) is 2.64. The number of anilines is 1. The van der Waals surface area contributed by atoms with Gasteiger partial charge in [0, 0.05) is 42.8 Å². The van der Waals surface area contributed by atoms with Crippen LogP contribution in [0.5, 0.6) is 0 Å². The molecule has 0 radical (unpaired) electrons. The number of piperazine rings is 1. The SMILES string of the molecule is Cc1cc[nH]c1C1CNCCN1c1ccc(C(N)=O)cc1. The Kier molecular flexibility index (Phi) is 3.66. The van der Waals surface area contributed by atoms with E-state index in [0.717, 1.165) is 25.3 Å². The first-order chi connectivity index (χ1) is 10.2. The number of hydrogen-bond acceptors (Lipinski definition) is 3. The topological polar surface area (TPSA) is 74.2 Å². The average molecular weight is 284 g/mol. The van der Waals surface area contributed by atoms with Crippen LogP contribution < -0.4 is 16.0 Å². The maximum absolute atomic E-state index is 11.2. The van der Waals surface area contributed by atoms with Crippen molar-refractivity contribution in [2.45, 2.75) is 13.0 Å². The van der Waals surface area contributed by atoms with Crippen LogP contribution in [-0.2, 0) is 0 Å². The van der Waals surface area contributed by atoms with Gasteiger partial charge in [-0.25, -0.2) is 0 Å². The van der Waals surface area contributed by atoms with Gasteiger partial charge < -0.3 is 20.9 Å². The zero-order valence-electron chi connectivity index (χ0n) is 12.1. The molecule has 1 aromatic carbocycles. The molecule has 4 N–H and O–H groups in total. The molecule has 21 heavy (non-hydrogen) atoms. The normalized spacial score (nSPS) is 18.7. The van der Waals surface area contributed by atoms with Gasteiger partial charge in [0.25, 0.3) is 0 Å². The number of carbonyl (C=O) groups is 1. The van der Waals surface area contributed by atoms with Crippen LogP contribution >= 0.6 is 0 Å². The van der Waals surface area contributed by atoms with Crippen LogP contribution in [0.1, 0.15) is 27.7 Å². The lowest BCUT2D eigenvalue weighted by Crippen LogP contribution is -2.46. The lowest BCUT2D eigenvalue weighted by atomic mass is 10.0. The molecule has 1 aromatic heterocycles. The van der Waals surface area contributed by atoms with Gasteiger partial charge in [0.15, 0.2) is 0 Å². The largest absolute Gasteiger partial charge is 0.366 e. The van der Waals surface area contributed by atoms with Gasteiger partial charge in [-0.05, 0) is 42.8 Å². The van der Waals surface area contributed by atoms with Crippen LogP contribution in [-0.4, -0.2) is 30.5 Å². The molecule has 0 saturated carbocycles. The number of amides is 1. The summed E-state index contributed by atoms with van der Waals surface area (Å²) in [6.45, 7) is 4.90. The van der Waals surface area contributed by atoms with E-state index in [1.165, 1.54) is 11.3 Å². The Morgan fingerprint density at radius 1 is 1.29 bits per heavy atom.